The predicted molar refractivity (Wildman–Crippen MR) is 129 cm³/mol. The van der Waals surface area contributed by atoms with Gasteiger partial charge in [-0.25, -0.2) is 10.4 Å². The molecular formula is C24H20ClN3O4S. The number of oxazole rings is 1. The Labute approximate surface area is 199 Å². The van der Waals surface area contributed by atoms with Gasteiger partial charge in [-0.15, -0.1) is 0 Å². The third-order valence-electron chi connectivity index (χ3n) is 4.47. The van der Waals surface area contributed by atoms with E-state index in [9.17, 15) is 4.79 Å². The lowest BCUT2D eigenvalue weighted by atomic mass is 10.2. The Morgan fingerprint density at radius 2 is 2.03 bits per heavy atom. The highest BCUT2D eigenvalue weighted by Crippen LogP contribution is 2.28. The minimum absolute atomic E-state index is 0.129. The summed E-state index contributed by atoms with van der Waals surface area (Å²) < 4.78 is 16.8. The highest BCUT2D eigenvalue weighted by atomic mass is 35.5. The molecule has 0 saturated heterocycles. The Morgan fingerprint density at radius 3 is 2.85 bits per heavy atom. The fourth-order valence-electron chi connectivity index (χ4n) is 2.92. The summed E-state index contributed by atoms with van der Waals surface area (Å²) in [6.45, 7) is 0.359. The van der Waals surface area contributed by atoms with E-state index in [-0.39, 0.29) is 11.7 Å². The van der Waals surface area contributed by atoms with E-state index in [1.165, 1.54) is 18.0 Å². The smallest absolute Gasteiger partial charge is 0.257 e. The summed E-state index contributed by atoms with van der Waals surface area (Å²) >= 11 is 7.22. The topological polar surface area (TPSA) is 86.0 Å². The molecule has 9 heteroatoms. The Kier molecular flexibility index (Phi) is 7.49. The Bertz CT molecular complexity index is 1260. The number of hydrogen-bond donors (Lipinski definition) is 1. The number of carbonyl (C=O) groups excluding carboxylic acids is 1. The first-order valence-corrected chi connectivity index (χ1v) is 11.3. The van der Waals surface area contributed by atoms with E-state index in [0.717, 1.165) is 16.6 Å². The maximum Gasteiger partial charge on any atom is 0.257 e. The number of nitrogens with zero attached hydrogens (tertiary/aromatic N) is 2. The number of para-hydroxylation sites is 2. The summed E-state index contributed by atoms with van der Waals surface area (Å²) in [6.07, 6.45) is 1.53. The molecular weight excluding hydrogens is 462 g/mol. The first kappa shape index (κ1) is 22.7. The molecule has 0 aliphatic carbocycles. The van der Waals surface area contributed by atoms with Gasteiger partial charge in [0.05, 0.1) is 19.1 Å². The van der Waals surface area contributed by atoms with Crippen molar-refractivity contribution in [3.63, 3.8) is 0 Å². The van der Waals surface area contributed by atoms with Crippen LogP contribution in [-0.4, -0.2) is 30.0 Å². The second-order valence-corrected chi connectivity index (χ2v) is 8.22. The lowest BCUT2D eigenvalue weighted by molar-refractivity contribution is -0.118. The highest BCUT2D eigenvalue weighted by molar-refractivity contribution is 7.99. The van der Waals surface area contributed by atoms with Gasteiger partial charge in [-0.3, -0.25) is 4.79 Å². The molecule has 0 aliphatic rings. The van der Waals surface area contributed by atoms with Gasteiger partial charge in [-0.2, -0.15) is 5.10 Å². The number of nitrogens with one attached hydrogen (secondary N) is 1. The molecule has 0 saturated carbocycles. The molecule has 0 fully saturated rings. The van der Waals surface area contributed by atoms with Crippen LogP contribution in [0.3, 0.4) is 0 Å². The zero-order valence-electron chi connectivity index (χ0n) is 17.7. The van der Waals surface area contributed by atoms with E-state index < -0.39 is 0 Å². The van der Waals surface area contributed by atoms with Gasteiger partial charge in [-0.1, -0.05) is 47.6 Å². The molecule has 0 radical (unpaired) electrons. The van der Waals surface area contributed by atoms with Crippen LogP contribution in [0.15, 0.2) is 81.5 Å². The van der Waals surface area contributed by atoms with E-state index in [1.54, 1.807) is 19.2 Å². The van der Waals surface area contributed by atoms with Crippen LogP contribution in [0.4, 0.5) is 0 Å². The largest absolute Gasteiger partial charge is 0.493 e. The zero-order valence-corrected chi connectivity index (χ0v) is 19.2. The SMILES string of the molecule is COc1cc(/C=N\NC(=O)CSc2nc3ccccc3o2)ccc1OCc1cccc(Cl)c1. The molecule has 0 bridgehead atoms. The number of hydrazone groups is 1. The number of methoxy groups -OCH3 is 1. The van der Waals surface area contributed by atoms with Crippen molar-refractivity contribution in [3.8, 4) is 11.5 Å². The number of carbonyl (C=O) groups is 1. The summed E-state index contributed by atoms with van der Waals surface area (Å²) in [5, 5.41) is 5.10. The Hall–Kier alpha value is -3.49. The number of hydrogen-bond acceptors (Lipinski definition) is 7. The monoisotopic (exact) mass is 481 g/mol. The lowest BCUT2D eigenvalue weighted by Crippen LogP contribution is -2.19. The van der Waals surface area contributed by atoms with Crippen molar-refractivity contribution < 1.29 is 18.7 Å². The van der Waals surface area contributed by atoms with Crippen molar-refractivity contribution in [3.05, 3.63) is 82.9 Å². The molecule has 1 aromatic heterocycles. The summed E-state index contributed by atoms with van der Waals surface area (Å²) in [5.74, 6) is 1.00. The first-order chi connectivity index (χ1) is 16.1. The number of aromatic nitrogens is 1. The maximum atomic E-state index is 12.1. The molecule has 1 heterocycles. The summed E-state index contributed by atoms with van der Waals surface area (Å²) in [5.41, 5.74) is 5.64. The van der Waals surface area contributed by atoms with Crippen molar-refractivity contribution >= 4 is 46.6 Å². The molecule has 33 heavy (non-hydrogen) atoms. The van der Waals surface area contributed by atoms with Gasteiger partial charge in [0.15, 0.2) is 17.1 Å². The van der Waals surface area contributed by atoms with Crippen molar-refractivity contribution in [1.29, 1.82) is 0 Å². The molecule has 0 spiro atoms. The van der Waals surface area contributed by atoms with E-state index in [2.05, 4.69) is 15.5 Å². The van der Waals surface area contributed by atoms with Crippen molar-refractivity contribution in [2.75, 3.05) is 12.9 Å². The summed E-state index contributed by atoms with van der Waals surface area (Å²) in [6, 6.07) is 20.3. The zero-order chi connectivity index (χ0) is 23.0. The molecule has 1 N–H and O–H groups in total. The molecule has 3 aromatic carbocycles. The van der Waals surface area contributed by atoms with Gasteiger partial charge in [-0.05, 0) is 53.6 Å². The fourth-order valence-corrected chi connectivity index (χ4v) is 3.77. The average Bonchev–Trinajstić information content (AvgIpc) is 3.25. The van der Waals surface area contributed by atoms with Crippen molar-refractivity contribution in [1.82, 2.24) is 10.4 Å². The third-order valence-corrected chi connectivity index (χ3v) is 5.54. The number of fused-ring (bicyclic) bond motifs is 1. The van der Waals surface area contributed by atoms with Crippen LogP contribution >= 0.6 is 23.4 Å². The van der Waals surface area contributed by atoms with Crippen LogP contribution < -0.4 is 14.9 Å². The van der Waals surface area contributed by atoms with Crippen molar-refractivity contribution in [2.45, 2.75) is 11.8 Å². The van der Waals surface area contributed by atoms with Crippen LogP contribution in [0.25, 0.3) is 11.1 Å². The first-order valence-electron chi connectivity index (χ1n) is 9.96. The van der Waals surface area contributed by atoms with Gasteiger partial charge < -0.3 is 13.9 Å². The maximum absolute atomic E-state index is 12.1. The molecule has 0 unspecified atom stereocenters. The van der Waals surface area contributed by atoms with Crippen molar-refractivity contribution in [2.24, 2.45) is 5.10 Å². The van der Waals surface area contributed by atoms with Crippen LogP contribution in [0, 0.1) is 0 Å². The van der Waals surface area contributed by atoms with Crippen LogP contribution in [0.1, 0.15) is 11.1 Å². The van der Waals surface area contributed by atoms with Crippen LogP contribution in [0.5, 0.6) is 11.5 Å². The average molecular weight is 482 g/mol. The quantitative estimate of drug-likeness (QED) is 0.198. The summed E-state index contributed by atoms with van der Waals surface area (Å²) in [7, 11) is 1.56. The standard InChI is InChI=1S/C24H20ClN3O4S/c1-30-22-12-16(9-10-21(22)31-14-17-5-4-6-18(25)11-17)13-26-28-23(29)15-33-24-27-19-7-2-3-8-20(19)32-24/h2-13H,14-15H2,1H3,(H,28,29)/b26-13-. The summed E-state index contributed by atoms with van der Waals surface area (Å²) in [4.78, 5) is 16.4. The molecule has 0 atom stereocenters. The van der Waals surface area contributed by atoms with Crippen LogP contribution in [-0.2, 0) is 11.4 Å². The molecule has 168 valence electrons. The number of rotatable bonds is 9. The Balaban J connectivity index is 1.29. The number of halogens is 1. The number of thioether (sulfide) groups is 1. The van der Waals surface area contributed by atoms with Crippen LogP contribution in [0.2, 0.25) is 5.02 Å². The molecule has 1 amide bonds. The molecule has 4 aromatic rings. The number of benzene rings is 3. The molecule has 7 nitrogen and oxygen atoms in total. The normalized spacial score (nSPS) is 11.1. The minimum atomic E-state index is -0.271. The number of amides is 1. The van der Waals surface area contributed by atoms with Gasteiger partial charge in [0.25, 0.3) is 11.1 Å². The minimum Gasteiger partial charge on any atom is -0.493 e. The second-order valence-electron chi connectivity index (χ2n) is 6.86. The van der Waals surface area contributed by atoms with E-state index in [0.29, 0.717) is 33.9 Å². The van der Waals surface area contributed by atoms with Gasteiger partial charge in [0.1, 0.15) is 12.1 Å². The van der Waals surface area contributed by atoms with E-state index >= 15 is 0 Å². The van der Waals surface area contributed by atoms with E-state index in [4.69, 9.17) is 25.5 Å². The fraction of sp³-hybridized carbons (Fsp3) is 0.125. The molecule has 4 rings (SSSR count). The highest BCUT2D eigenvalue weighted by Gasteiger charge is 2.09. The molecule has 0 aliphatic heterocycles. The number of ether oxygens (including phenoxy) is 2. The second kappa shape index (κ2) is 10.9. The third kappa shape index (κ3) is 6.27. The lowest BCUT2D eigenvalue weighted by Gasteiger charge is -2.11. The van der Waals surface area contributed by atoms with Gasteiger partial charge in [0, 0.05) is 5.02 Å². The van der Waals surface area contributed by atoms with E-state index in [1.807, 2.05) is 54.6 Å². The Morgan fingerprint density at radius 1 is 1.15 bits per heavy atom. The van der Waals surface area contributed by atoms with Gasteiger partial charge >= 0.3 is 0 Å². The predicted octanol–water partition coefficient (Wildman–Crippen LogP) is 5.31. The van der Waals surface area contributed by atoms with Gasteiger partial charge in [0.2, 0.25) is 0 Å².